The second kappa shape index (κ2) is 6.96. The van der Waals surface area contributed by atoms with Gasteiger partial charge in [0.15, 0.2) is 0 Å². The van der Waals surface area contributed by atoms with E-state index in [1.165, 1.54) is 0 Å². The smallest absolute Gasteiger partial charge is 0.274 e. The molecule has 3 nitrogen and oxygen atoms in total. The topological polar surface area (TPSA) is 33.6 Å². The number of alkyl halides is 7. The fraction of sp³-hybridized carbons (Fsp3) is 0.500. The van der Waals surface area contributed by atoms with Crippen molar-refractivity contribution in [3.05, 3.63) is 35.6 Å². The van der Waals surface area contributed by atoms with Gasteiger partial charge in [-0.05, 0) is 12.5 Å². The summed E-state index contributed by atoms with van der Waals surface area (Å²) in [7, 11) is 0. The zero-order chi connectivity index (χ0) is 18.0. The molecule has 1 aliphatic carbocycles. The van der Waals surface area contributed by atoms with Crippen LogP contribution in [0.3, 0.4) is 0 Å². The summed E-state index contributed by atoms with van der Waals surface area (Å²) in [6.45, 7) is -0.297. The van der Waals surface area contributed by atoms with E-state index < -0.39 is 35.6 Å². The summed E-state index contributed by atoms with van der Waals surface area (Å²) in [5.41, 5.74) is 0.462. The molecule has 1 N–H and O–H groups in total. The van der Waals surface area contributed by atoms with Crippen molar-refractivity contribution in [2.24, 2.45) is 10.9 Å². The summed E-state index contributed by atoms with van der Waals surface area (Å²) in [5, 5.41) is 0. The molecule has 0 spiro atoms. The number of aliphatic imine (C=N–C) groups is 1. The maximum absolute atomic E-state index is 13.7. The number of halogens is 7. The largest absolute Gasteiger partial charge is 0.416 e. The maximum atomic E-state index is 13.7. The summed E-state index contributed by atoms with van der Waals surface area (Å²) in [5.74, 6) is -0.807. The maximum Gasteiger partial charge on any atom is 0.416 e. The van der Waals surface area contributed by atoms with Gasteiger partial charge in [0.2, 0.25) is 0 Å². The molecule has 1 heterocycles. The highest BCUT2D eigenvalue weighted by molar-refractivity contribution is 5.82. The molecule has 2 aliphatic rings. The van der Waals surface area contributed by atoms with Crippen molar-refractivity contribution in [3.63, 3.8) is 0 Å². The minimum Gasteiger partial charge on any atom is -0.274 e. The van der Waals surface area contributed by atoms with Gasteiger partial charge >= 0.3 is 12.4 Å². The number of hydroxylamine groups is 1. The normalized spacial score (nSPS) is 25.0. The van der Waals surface area contributed by atoms with Gasteiger partial charge in [-0.3, -0.25) is 10.3 Å². The van der Waals surface area contributed by atoms with Crippen LogP contribution < -0.4 is 5.48 Å². The number of hydrogen-bond donors (Lipinski definition) is 1. The Labute approximate surface area is 132 Å². The van der Waals surface area contributed by atoms with Gasteiger partial charge in [-0.15, -0.1) is 0 Å². The zero-order valence-corrected chi connectivity index (χ0v) is 12.1. The minimum atomic E-state index is -4.62. The van der Waals surface area contributed by atoms with Crippen LogP contribution in [-0.4, -0.2) is 31.0 Å². The van der Waals surface area contributed by atoms with E-state index in [0.717, 1.165) is 12.2 Å². The van der Waals surface area contributed by atoms with Crippen molar-refractivity contribution in [2.45, 2.75) is 31.4 Å². The second-order valence-electron chi connectivity index (χ2n) is 5.23. The van der Waals surface area contributed by atoms with E-state index >= 15 is 0 Å². The lowest BCUT2D eigenvalue weighted by molar-refractivity contribution is -0.0943. The van der Waals surface area contributed by atoms with E-state index in [9.17, 15) is 30.7 Å². The molecule has 0 bridgehead atoms. The van der Waals surface area contributed by atoms with Gasteiger partial charge in [0, 0.05) is 18.5 Å². The first kappa shape index (κ1) is 18.5. The molecule has 134 valence electrons. The Kier molecular flexibility index (Phi) is 5.36. The van der Waals surface area contributed by atoms with Crippen LogP contribution in [0.5, 0.6) is 0 Å². The van der Waals surface area contributed by atoms with Crippen LogP contribution in [0.1, 0.15) is 12.8 Å². The first-order valence-electron chi connectivity index (χ1n) is 6.89. The highest BCUT2D eigenvalue weighted by Crippen LogP contribution is 2.32. The van der Waals surface area contributed by atoms with Gasteiger partial charge in [0.05, 0.1) is 17.8 Å². The third kappa shape index (κ3) is 4.83. The van der Waals surface area contributed by atoms with E-state index in [2.05, 4.69) is 10.5 Å². The average Bonchev–Trinajstić information content (AvgIpc) is 2.47. The minimum absolute atomic E-state index is 0.0387. The van der Waals surface area contributed by atoms with Crippen molar-refractivity contribution >= 4 is 5.84 Å². The van der Waals surface area contributed by atoms with Crippen LogP contribution in [0.4, 0.5) is 30.7 Å². The van der Waals surface area contributed by atoms with Crippen molar-refractivity contribution in [1.29, 1.82) is 0 Å². The number of hydrogen-bond acceptors (Lipinski definition) is 3. The predicted molar refractivity (Wildman–Crippen MR) is 71.6 cm³/mol. The summed E-state index contributed by atoms with van der Waals surface area (Å²) in [6, 6.07) is 0. The van der Waals surface area contributed by atoms with Crippen LogP contribution in [0, 0.1) is 5.92 Å². The van der Waals surface area contributed by atoms with E-state index in [4.69, 9.17) is 4.84 Å². The van der Waals surface area contributed by atoms with Gasteiger partial charge in [0.25, 0.3) is 0 Å². The second-order valence-corrected chi connectivity index (χ2v) is 5.23. The van der Waals surface area contributed by atoms with Crippen LogP contribution in [-0.2, 0) is 4.84 Å². The van der Waals surface area contributed by atoms with Gasteiger partial charge in [-0.1, -0.05) is 12.2 Å². The molecule has 24 heavy (non-hydrogen) atoms. The first-order chi connectivity index (χ1) is 11.1. The average molecular weight is 358 g/mol. The highest BCUT2D eigenvalue weighted by Gasteiger charge is 2.36. The molecule has 1 aliphatic heterocycles. The van der Waals surface area contributed by atoms with Gasteiger partial charge in [0.1, 0.15) is 12.0 Å². The molecule has 0 fully saturated rings. The van der Waals surface area contributed by atoms with Crippen LogP contribution in [0.15, 0.2) is 40.6 Å². The highest BCUT2D eigenvalue weighted by atomic mass is 19.4. The number of nitrogens with one attached hydrogen (secondary N) is 1. The Balaban J connectivity index is 1.82. The van der Waals surface area contributed by atoms with Crippen molar-refractivity contribution in [1.82, 2.24) is 5.48 Å². The SMILES string of the molecule is FC1C=C(C(F)(F)F)C=CC1CONC1=NC=C(C(F)(F)F)CC1. The van der Waals surface area contributed by atoms with E-state index in [-0.39, 0.29) is 25.3 Å². The molecule has 2 unspecified atom stereocenters. The first-order valence-corrected chi connectivity index (χ1v) is 6.89. The molecule has 0 saturated heterocycles. The summed E-state index contributed by atoms with van der Waals surface area (Å²) in [6.07, 6.45) is -8.30. The molecule has 0 amide bonds. The van der Waals surface area contributed by atoms with Crippen LogP contribution in [0.25, 0.3) is 0 Å². The Morgan fingerprint density at radius 2 is 1.83 bits per heavy atom. The van der Waals surface area contributed by atoms with Crippen LogP contribution in [0.2, 0.25) is 0 Å². The summed E-state index contributed by atoms with van der Waals surface area (Å²) >= 11 is 0. The number of amidine groups is 1. The molecular formula is C14H13F7N2O. The molecule has 2 rings (SSSR count). The molecule has 0 radical (unpaired) electrons. The molecule has 2 atom stereocenters. The van der Waals surface area contributed by atoms with Crippen molar-refractivity contribution in [3.8, 4) is 0 Å². The lowest BCUT2D eigenvalue weighted by Crippen LogP contribution is -2.31. The van der Waals surface area contributed by atoms with Crippen molar-refractivity contribution in [2.75, 3.05) is 6.61 Å². The fourth-order valence-corrected chi connectivity index (χ4v) is 2.07. The summed E-state index contributed by atoms with van der Waals surface area (Å²) in [4.78, 5) is 8.48. The van der Waals surface area contributed by atoms with Gasteiger partial charge in [-0.2, -0.15) is 26.3 Å². The molecule has 0 aromatic heterocycles. The number of allylic oxidation sites excluding steroid dienone is 4. The standard InChI is InChI=1S/C14H13F7N2O/c15-11-5-9(13(16,17)18)2-1-8(11)7-24-23-12-4-3-10(6-22-12)14(19,20)21/h1-2,5-6,8,11H,3-4,7H2,(H,22,23). The third-order valence-electron chi connectivity index (χ3n) is 3.44. The molecule has 10 heteroatoms. The number of nitrogens with zero attached hydrogens (tertiary/aromatic N) is 1. The molecule has 0 aromatic rings. The lowest BCUT2D eigenvalue weighted by Gasteiger charge is -2.22. The van der Waals surface area contributed by atoms with E-state index in [1.807, 2.05) is 0 Å². The summed E-state index contributed by atoms with van der Waals surface area (Å²) < 4.78 is 88.1. The Morgan fingerprint density at radius 1 is 1.12 bits per heavy atom. The fourth-order valence-electron chi connectivity index (χ4n) is 2.07. The van der Waals surface area contributed by atoms with Crippen LogP contribution >= 0.6 is 0 Å². The van der Waals surface area contributed by atoms with Gasteiger partial charge < -0.3 is 0 Å². The molecule has 0 aromatic carbocycles. The Hall–Kier alpha value is -1.84. The monoisotopic (exact) mass is 358 g/mol. The quantitative estimate of drug-likeness (QED) is 0.607. The number of rotatable bonds is 3. The Bertz CT molecular complexity index is 587. The van der Waals surface area contributed by atoms with Gasteiger partial charge in [-0.25, -0.2) is 9.38 Å². The van der Waals surface area contributed by atoms with Crippen molar-refractivity contribution < 1.29 is 35.6 Å². The predicted octanol–water partition coefficient (Wildman–Crippen LogP) is 4.16. The molecule has 0 saturated carbocycles. The lowest BCUT2D eigenvalue weighted by atomic mass is 9.95. The zero-order valence-electron chi connectivity index (χ0n) is 12.1. The third-order valence-corrected chi connectivity index (χ3v) is 3.44. The van der Waals surface area contributed by atoms with E-state index in [0.29, 0.717) is 12.3 Å². The Morgan fingerprint density at radius 3 is 2.33 bits per heavy atom. The molecular weight excluding hydrogens is 345 g/mol. The van der Waals surface area contributed by atoms with E-state index in [1.54, 1.807) is 0 Å².